The van der Waals surface area contributed by atoms with Crippen LogP contribution in [0.4, 0.5) is 0 Å². The molecule has 1 heteroatoms. The minimum atomic E-state index is 0.793. The van der Waals surface area contributed by atoms with Crippen molar-refractivity contribution in [2.24, 2.45) is 0 Å². The average molecular weight is 385 g/mol. The molecule has 1 atom stereocenters. The molecule has 1 aliphatic rings. The van der Waals surface area contributed by atoms with E-state index in [1.165, 1.54) is 72.9 Å². The maximum atomic E-state index is 4.58. The molecule has 0 saturated heterocycles. The Morgan fingerprint density at radius 1 is 0.793 bits per heavy atom. The Bertz CT molecular complexity index is 1010. The smallest absolute Gasteiger partial charge is 0.0902 e. The van der Waals surface area contributed by atoms with Gasteiger partial charge in [-0.05, 0) is 76.4 Å². The quantitative estimate of drug-likeness (QED) is 0.248. The fraction of sp³-hybridized carbons (Fsp3) is 0.357. The van der Waals surface area contributed by atoms with Gasteiger partial charge in [0.15, 0.2) is 0 Å². The van der Waals surface area contributed by atoms with Crippen molar-refractivity contribution in [3.05, 3.63) is 84.3 Å². The van der Waals surface area contributed by atoms with E-state index >= 15 is 0 Å². The number of benzene rings is 3. The van der Waals surface area contributed by atoms with Gasteiger partial charge in [0.25, 0.3) is 0 Å². The molecule has 3 aromatic carbocycles. The number of furan rings is 1. The van der Waals surface area contributed by atoms with Gasteiger partial charge in [0.2, 0.25) is 0 Å². The predicted molar refractivity (Wildman–Crippen MR) is 125 cm³/mol. The largest absolute Gasteiger partial charge is 0.473 e. The van der Waals surface area contributed by atoms with E-state index in [0.29, 0.717) is 0 Å². The molecule has 0 saturated carbocycles. The molecule has 0 radical (unpaired) electrons. The molecule has 0 spiro atoms. The minimum Gasteiger partial charge on any atom is -0.473 e. The lowest BCUT2D eigenvalue weighted by atomic mass is 9.78. The van der Waals surface area contributed by atoms with Crippen molar-refractivity contribution in [1.29, 1.82) is 0 Å². The Kier molecular flexibility index (Phi) is 6.67. The number of hydrogen-bond donors (Lipinski definition) is 0. The van der Waals surface area contributed by atoms with Crippen LogP contribution in [0.5, 0.6) is 0 Å². The van der Waals surface area contributed by atoms with E-state index in [4.69, 9.17) is 0 Å². The molecule has 0 amide bonds. The first-order valence-corrected chi connectivity index (χ1v) is 11.3. The molecule has 1 heterocycles. The molecule has 0 bridgehead atoms. The van der Waals surface area contributed by atoms with E-state index in [1.807, 2.05) is 12.1 Å². The second-order valence-electron chi connectivity index (χ2n) is 8.25. The third-order valence-corrected chi connectivity index (χ3v) is 6.32. The van der Waals surface area contributed by atoms with Crippen LogP contribution in [0.15, 0.2) is 77.6 Å². The van der Waals surface area contributed by atoms with Gasteiger partial charge in [-0.15, -0.1) is 0 Å². The minimum absolute atomic E-state index is 0.793. The van der Waals surface area contributed by atoms with Gasteiger partial charge >= 0.3 is 0 Å². The fourth-order valence-electron chi connectivity index (χ4n) is 4.85. The van der Waals surface area contributed by atoms with Crippen molar-refractivity contribution in [3.8, 4) is 0 Å². The summed E-state index contributed by atoms with van der Waals surface area (Å²) in [6.07, 6.45) is 14.2. The number of aryl methyl sites for hydroxylation is 1. The molecule has 1 aliphatic carbocycles. The van der Waals surface area contributed by atoms with Crippen LogP contribution in [-0.4, -0.2) is 0 Å². The van der Waals surface area contributed by atoms with Crippen LogP contribution < -0.4 is 0 Å². The molecule has 1 aromatic heterocycles. The molecular formula is C28H32O. The van der Waals surface area contributed by atoms with Crippen molar-refractivity contribution < 1.29 is 4.42 Å². The van der Waals surface area contributed by atoms with Gasteiger partial charge in [-0.2, -0.15) is 0 Å². The second-order valence-corrected chi connectivity index (χ2v) is 8.25. The summed E-state index contributed by atoms with van der Waals surface area (Å²) in [6.45, 7) is 2.30. The third kappa shape index (κ3) is 4.56. The van der Waals surface area contributed by atoms with Crippen LogP contribution in [0.25, 0.3) is 21.5 Å². The van der Waals surface area contributed by atoms with Crippen LogP contribution in [0.2, 0.25) is 0 Å². The van der Waals surface area contributed by atoms with Gasteiger partial charge in [-0.25, -0.2) is 0 Å². The lowest BCUT2D eigenvalue weighted by Gasteiger charge is -2.27. The number of fused-ring (bicyclic) bond motifs is 5. The van der Waals surface area contributed by atoms with Crippen molar-refractivity contribution in [2.75, 3.05) is 0 Å². The normalized spacial score (nSPS) is 15.7. The number of rotatable bonds is 5. The van der Waals surface area contributed by atoms with E-state index in [0.717, 1.165) is 5.92 Å². The van der Waals surface area contributed by atoms with E-state index < -0.39 is 0 Å². The van der Waals surface area contributed by atoms with Crippen LogP contribution in [-0.2, 0) is 6.42 Å². The van der Waals surface area contributed by atoms with Gasteiger partial charge in [0.05, 0.1) is 12.5 Å². The Hall–Kier alpha value is -2.54. The highest BCUT2D eigenvalue weighted by Crippen LogP contribution is 2.40. The SMILES string of the molecule is CCCCCCC1CCCc2c1ccc1c2ccc2ccccc21.c1ccoc1. The summed E-state index contributed by atoms with van der Waals surface area (Å²) in [5.41, 5.74) is 3.30. The van der Waals surface area contributed by atoms with Crippen LogP contribution in [0.1, 0.15) is 68.9 Å². The predicted octanol–water partition coefficient (Wildman–Crippen LogP) is 8.66. The molecule has 0 N–H and O–H groups in total. The lowest BCUT2D eigenvalue weighted by Crippen LogP contribution is -2.10. The summed E-state index contributed by atoms with van der Waals surface area (Å²) in [6, 6.07) is 22.0. The van der Waals surface area contributed by atoms with E-state index in [-0.39, 0.29) is 0 Å². The zero-order valence-electron chi connectivity index (χ0n) is 17.6. The lowest BCUT2D eigenvalue weighted by molar-refractivity contribution is 0.490. The molecule has 4 aromatic rings. The summed E-state index contributed by atoms with van der Waals surface area (Å²) < 4.78 is 4.58. The molecule has 29 heavy (non-hydrogen) atoms. The highest BCUT2D eigenvalue weighted by Gasteiger charge is 2.21. The van der Waals surface area contributed by atoms with Gasteiger partial charge < -0.3 is 4.42 Å². The number of unbranched alkanes of at least 4 members (excludes halogenated alkanes) is 3. The maximum Gasteiger partial charge on any atom is 0.0902 e. The molecule has 0 aliphatic heterocycles. The highest BCUT2D eigenvalue weighted by atomic mass is 16.3. The van der Waals surface area contributed by atoms with Gasteiger partial charge in [0.1, 0.15) is 0 Å². The molecule has 0 fully saturated rings. The Morgan fingerprint density at radius 2 is 1.62 bits per heavy atom. The zero-order valence-corrected chi connectivity index (χ0v) is 17.6. The number of hydrogen-bond acceptors (Lipinski definition) is 1. The Balaban J connectivity index is 0.000000359. The molecule has 150 valence electrons. The van der Waals surface area contributed by atoms with Crippen LogP contribution in [0, 0.1) is 0 Å². The van der Waals surface area contributed by atoms with E-state index in [2.05, 4.69) is 59.9 Å². The maximum absolute atomic E-state index is 4.58. The molecule has 1 nitrogen and oxygen atoms in total. The molecule has 5 rings (SSSR count). The summed E-state index contributed by atoms with van der Waals surface area (Å²) >= 11 is 0. The monoisotopic (exact) mass is 384 g/mol. The van der Waals surface area contributed by atoms with Gasteiger partial charge in [-0.1, -0.05) is 81.1 Å². The van der Waals surface area contributed by atoms with Crippen LogP contribution in [0.3, 0.4) is 0 Å². The summed E-state index contributed by atoms with van der Waals surface area (Å²) in [5, 5.41) is 5.71. The average Bonchev–Trinajstić information content (AvgIpc) is 3.36. The Labute approximate surface area is 174 Å². The van der Waals surface area contributed by atoms with Crippen molar-refractivity contribution in [2.45, 2.75) is 64.2 Å². The second kappa shape index (κ2) is 9.78. The van der Waals surface area contributed by atoms with E-state index in [1.54, 1.807) is 23.7 Å². The van der Waals surface area contributed by atoms with Crippen molar-refractivity contribution in [3.63, 3.8) is 0 Å². The summed E-state index contributed by atoms with van der Waals surface area (Å²) in [7, 11) is 0. The van der Waals surface area contributed by atoms with Gasteiger partial charge in [-0.3, -0.25) is 0 Å². The Morgan fingerprint density at radius 3 is 2.41 bits per heavy atom. The third-order valence-electron chi connectivity index (χ3n) is 6.32. The van der Waals surface area contributed by atoms with Gasteiger partial charge in [0, 0.05) is 0 Å². The molecule has 1 unspecified atom stereocenters. The first-order valence-electron chi connectivity index (χ1n) is 11.3. The topological polar surface area (TPSA) is 13.1 Å². The van der Waals surface area contributed by atoms with Crippen molar-refractivity contribution >= 4 is 21.5 Å². The van der Waals surface area contributed by atoms with E-state index in [9.17, 15) is 0 Å². The summed E-state index contributed by atoms with van der Waals surface area (Å²) in [5.74, 6) is 0.793. The first kappa shape index (κ1) is 19.8. The fourth-order valence-corrected chi connectivity index (χ4v) is 4.85. The first-order chi connectivity index (χ1) is 14.4. The summed E-state index contributed by atoms with van der Waals surface area (Å²) in [4.78, 5) is 0. The highest BCUT2D eigenvalue weighted by molar-refractivity contribution is 6.08. The zero-order chi connectivity index (χ0) is 19.9. The molecular weight excluding hydrogens is 352 g/mol. The standard InChI is InChI=1S/C24H28.C4H4O/c1-2-3-4-5-9-18-11-8-13-22-21(18)16-17-23-20-12-7-6-10-19(20)14-15-24(22)23;1-2-4-5-3-1/h6-7,10,12,14-18H,2-5,8-9,11,13H2,1H3;1-4H. The van der Waals surface area contributed by atoms with Crippen LogP contribution >= 0.6 is 0 Å². The van der Waals surface area contributed by atoms with Crippen molar-refractivity contribution in [1.82, 2.24) is 0 Å².